The molecule has 0 bridgehead atoms. The topological polar surface area (TPSA) is 0 Å². The van der Waals surface area contributed by atoms with E-state index in [-0.39, 0.29) is 0 Å². The van der Waals surface area contributed by atoms with Crippen molar-refractivity contribution in [3.63, 3.8) is 0 Å². The minimum absolute atomic E-state index is 1.36. The second-order valence-corrected chi connectivity index (χ2v) is 19.6. The van der Waals surface area contributed by atoms with Crippen LogP contribution in [0.3, 0.4) is 0 Å². The van der Waals surface area contributed by atoms with Crippen molar-refractivity contribution in [2.75, 3.05) is 0 Å². The van der Waals surface area contributed by atoms with Gasteiger partial charge in [0, 0.05) is 0 Å². The quantitative estimate of drug-likeness (QED) is 0.335. The summed E-state index contributed by atoms with van der Waals surface area (Å²) in [5.74, 6) is 0. The Morgan fingerprint density at radius 2 is 0.960 bits per heavy atom. The van der Waals surface area contributed by atoms with Crippen LogP contribution in [0.4, 0.5) is 0 Å². The summed E-state index contributed by atoms with van der Waals surface area (Å²) in [4.78, 5) is 5.16. The van der Waals surface area contributed by atoms with Crippen LogP contribution in [0.15, 0.2) is 72.8 Å². The molecule has 1 heterocycles. The molecule has 5 rings (SSSR count). The fourth-order valence-corrected chi connectivity index (χ4v) is 15.5. The molecule has 0 unspecified atom stereocenters. The fraction of sp³-hybridized carbons (Fsp3) is 0.0833. The van der Waals surface area contributed by atoms with Gasteiger partial charge in [-0.1, -0.05) is 0 Å². The van der Waals surface area contributed by atoms with Crippen molar-refractivity contribution in [3.8, 4) is 0 Å². The molecule has 4 aromatic carbocycles. The van der Waals surface area contributed by atoms with Crippen LogP contribution >= 0.6 is 0 Å². The van der Waals surface area contributed by atoms with E-state index in [9.17, 15) is 0 Å². The Morgan fingerprint density at radius 3 is 1.44 bits per heavy atom. The average molecular weight is 427 g/mol. The first-order valence-electron chi connectivity index (χ1n) is 8.89. The van der Waals surface area contributed by atoms with Gasteiger partial charge < -0.3 is 0 Å². The van der Waals surface area contributed by atoms with Gasteiger partial charge in [-0.25, -0.2) is 0 Å². The first-order valence-corrected chi connectivity index (χ1v) is 17.4. The number of rotatable bonds is 0. The van der Waals surface area contributed by atoms with E-state index < -0.39 is 18.4 Å². The van der Waals surface area contributed by atoms with Crippen LogP contribution in [0.25, 0.3) is 33.7 Å². The SMILES string of the molecule is [CH3][Sn]1([CH3])[c]2c(ccc3ccccc23)C=Cc2ccc3ccccc3[c]21. The Bertz CT molecular complexity index is 1070. The van der Waals surface area contributed by atoms with Crippen molar-refractivity contribution < 1.29 is 0 Å². The molecule has 4 aromatic rings. The summed E-state index contributed by atoms with van der Waals surface area (Å²) < 4.78 is 3.28. The molecule has 1 aliphatic rings. The van der Waals surface area contributed by atoms with Crippen molar-refractivity contribution in [3.05, 3.63) is 83.9 Å². The molecule has 0 aromatic heterocycles. The van der Waals surface area contributed by atoms with E-state index in [0.717, 1.165) is 0 Å². The van der Waals surface area contributed by atoms with Crippen LogP contribution in [0.1, 0.15) is 11.1 Å². The number of fused-ring (bicyclic) bond motifs is 6. The number of hydrogen-bond donors (Lipinski definition) is 0. The molecular weight excluding hydrogens is 407 g/mol. The van der Waals surface area contributed by atoms with E-state index in [0.29, 0.717) is 0 Å². The average Bonchev–Trinajstić information content (AvgIpc) is 2.76. The Morgan fingerprint density at radius 1 is 0.520 bits per heavy atom. The molecular formula is C24H20Sn. The Balaban J connectivity index is 1.96. The summed E-state index contributed by atoms with van der Waals surface area (Å²) in [7, 11) is 0. The third kappa shape index (κ3) is 2.20. The zero-order chi connectivity index (χ0) is 17.0. The van der Waals surface area contributed by atoms with Crippen LogP contribution in [0.2, 0.25) is 9.88 Å². The van der Waals surface area contributed by atoms with E-state index in [1.165, 1.54) is 32.7 Å². The zero-order valence-corrected chi connectivity index (χ0v) is 17.4. The summed E-state index contributed by atoms with van der Waals surface area (Å²) in [6.07, 6.45) is 4.67. The molecule has 120 valence electrons. The molecule has 0 fully saturated rings. The molecule has 0 aliphatic carbocycles. The van der Waals surface area contributed by atoms with Gasteiger partial charge in [-0.05, 0) is 0 Å². The second-order valence-electron chi connectivity index (χ2n) is 7.46. The van der Waals surface area contributed by atoms with Crippen molar-refractivity contribution >= 4 is 59.2 Å². The van der Waals surface area contributed by atoms with E-state index in [1.807, 2.05) is 0 Å². The summed E-state index contributed by atoms with van der Waals surface area (Å²) in [6.45, 7) is 0. The Hall–Kier alpha value is -2.06. The van der Waals surface area contributed by atoms with Gasteiger partial charge >= 0.3 is 153 Å². The normalized spacial score (nSPS) is 15.0. The molecule has 0 nitrogen and oxygen atoms in total. The molecule has 0 amide bonds. The van der Waals surface area contributed by atoms with Crippen LogP contribution in [-0.4, -0.2) is 18.4 Å². The van der Waals surface area contributed by atoms with E-state index in [1.54, 1.807) is 7.16 Å². The molecule has 0 N–H and O–H groups in total. The minimum atomic E-state index is -2.80. The fourth-order valence-electron chi connectivity index (χ4n) is 4.55. The van der Waals surface area contributed by atoms with Crippen molar-refractivity contribution in [2.45, 2.75) is 9.88 Å². The first kappa shape index (κ1) is 15.2. The van der Waals surface area contributed by atoms with Crippen molar-refractivity contribution in [1.82, 2.24) is 0 Å². The van der Waals surface area contributed by atoms with Crippen molar-refractivity contribution in [2.24, 2.45) is 0 Å². The summed E-state index contributed by atoms with van der Waals surface area (Å²) >= 11 is -2.80. The van der Waals surface area contributed by atoms with Gasteiger partial charge in [0.1, 0.15) is 0 Å². The number of benzene rings is 4. The van der Waals surface area contributed by atoms with Crippen molar-refractivity contribution in [1.29, 1.82) is 0 Å². The van der Waals surface area contributed by atoms with Gasteiger partial charge in [0.15, 0.2) is 0 Å². The Labute approximate surface area is 152 Å². The van der Waals surface area contributed by atoms with E-state index >= 15 is 0 Å². The van der Waals surface area contributed by atoms with Crippen LogP contribution in [0.5, 0.6) is 0 Å². The Kier molecular flexibility index (Phi) is 3.33. The molecule has 1 heteroatoms. The van der Waals surface area contributed by atoms with Crippen LogP contribution in [0, 0.1) is 0 Å². The molecule has 0 saturated carbocycles. The van der Waals surface area contributed by atoms with E-state index in [2.05, 4.69) is 94.8 Å². The molecule has 0 radical (unpaired) electrons. The maximum absolute atomic E-state index is 2.80. The van der Waals surface area contributed by atoms with Gasteiger partial charge in [0.2, 0.25) is 0 Å². The van der Waals surface area contributed by atoms with Crippen LogP contribution in [-0.2, 0) is 0 Å². The molecule has 25 heavy (non-hydrogen) atoms. The molecule has 1 aliphatic heterocycles. The third-order valence-corrected chi connectivity index (χ3v) is 15.9. The summed E-state index contributed by atoms with van der Waals surface area (Å²) in [6, 6.07) is 27.0. The predicted octanol–water partition coefficient (Wildman–Crippen LogP) is 5.30. The van der Waals surface area contributed by atoms with Gasteiger partial charge in [0.05, 0.1) is 0 Å². The van der Waals surface area contributed by atoms with Gasteiger partial charge in [-0.2, -0.15) is 0 Å². The molecule has 0 saturated heterocycles. The van der Waals surface area contributed by atoms with Gasteiger partial charge in [-0.15, -0.1) is 0 Å². The van der Waals surface area contributed by atoms with Crippen LogP contribution < -0.4 is 7.16 Å². The van der Waals surface area contributed by atoms with Gasteiger partial charge in [0.25, 0.3) is 0 Å². The third-order valence-electron chi connectivity index (χ3n) is 5.61. The maximum atomic E-state index is 2.58. The number of hydrogen-bond acceptors (Lipinski definition) is 0. The van der Waals surface area contributed by atoms with E-state index in [4.69, 9.17) is 0 Å². The summed E-state index contributed by atoms with van der Waals surface area (Å²) in [5.41, 5.74) is 2.83. The predicted molar refractivity (Wildman–Crippen MR) is 114 cm³/mol. The second kappa shape index (κ2) is 5.47. The molecule has 0 spiro atoms. The zero-order valence-electron chi connectivity index (χ0n) is 14.6. The monoisotopic (exact) mass is 428 g/mol. The summed E-state index contributed by atoms with van der Waals surface area (Å²) in [5, 5.41) is 5.63. The van der Waals surface area contributed by atoms with Gasteiger partial charge in [-0.3, -0.25) is 0 Å². The molecule has 0 atom stereocenters. The first-order chi connectivity index (χ1) is 12.2. The standard InChI is InChI=1S/C22H14.2CH3.Sn/c1-3-7-21-15-17(11-13-19(21)5-1)9-10-18-12-14-20-6-2-4-8-22(20)16-18;;;/h1-14H;2*1H3;.